The Kier molecular flexibility index (Phi) is 3.43. The molecule has 2 aromatic rings. The molecule has 102 valence electrons. The highest BCUT2D eigenvalue weighted by molar-refractivity contribution is 7.92. The highest BCUT2D eigenvalue weighted by Gasteiger charge is 2.18. The molecule has 19 heavy (non-hydrogen) atoms. The van der Waals surface area contributed by atoms with Crippen molar-refractivity contribution >= 4 is 21.5 Å². The summed E-state index contributed by atoms with van der Waals surface area (Å²) in [5.41, 5.74) is 6.70. The van der Waals surface area contributed by atoms with Crippen LogP contribution in [0.2, 0.25) is 0 Å². The van der Waals surface area contributed by atoms with Crippen LogP contribution in [0.25, 0.3) is 0 Å². The van der Waals surface area contributed by atoms with E-state index in [0.29, 0.717) is 17.8 Å². The molecule has 0 spiro atoms. The second kappa shape index (κ2) is 4.88. The van der Waals surface area contributed by atoms with Gasteiger partial charge in [0.1, 0.15) is 5.82 Å². The average Bonchev–Trinajstić information content (AvgIpc) is 2.82. The Labute approximate surface area is 111 Å². The molecule has 0 radical (unpaired) electrons. The lowest BCUT2D eigenvalue weighted by atomic mass is 10.3. The van der Waals surface area contributed by atoms with Gasteiger partial charge in [-0.1, -0.05) is 0 Å². The zero-order valence-corrected chi connectivity index (χ0v) is 11.5. The van der Waals surface area contributed by atoms with E-state index in [1.807, 2.05) is 6.92 Å². The topological polar surface area (TPSA) is 103 Å². The first-order valence-electron chi connectivity index (χ1n) is 5.69. The van der Waals surface area contributed by atoms with E-state index in [2.05, 4.69) is 14.7 Å². The van der Waals surface area contributed by atoms with E-state index in [0.717, 1.165) is 0 Å². The third-order valence-electron chi connectivity index (χ3n) is 2.58. The third-order valence-corrected chi connectivity index (χ3v) is 3.80. The standard InChI is InChI=1S/C11H15N5O2S/c1-3-16-6-10(14-7-16)19(17,18)15-11-8(2)4-9(12)5-13-11/h4-7H,3,12H2,1-2H3,(H,13,15). The Bertz CT molecular complexity index is 693. The Morgan fingerprint density at radius 3 is 2.74 bits per heavy atom. The van der Waals surface area contributed by atoms with Gasteiger partial charge < -0.3 is 10.3 Å². The lowest BCUT2D eigenvalue weighted by Crippen LogP contribution is -2.15. The van der Waals surface area contributed by atoms with Crippen LogP contribution < -0.4 is 10.5 Å². The fourth-order valence-corrected chi connectivity index (χ4v) is 2.57. The SMILES string of the molecule is CCn1cnc(S(=O)(=O)Nc2ncc(N)cc2C)c1. The minimum absolute atomic E-state index is 0.0348. The van der Waals surface area contributed by atoms with Crippen molar-refractivity contribution in [3.63, 3.8) is 0 Å². The van der Waals surface area contributed by atoms with Crippen LogP contribution in [0.4, 0.5) is 11.5 Å². The summed E-state index contributed by atoms with van der Waals surface area (Å²) in [5.74, 6) is 0.250. The molecule has 0 unspecified atom stereocenters. The van der Waals surface area contributed by atoms with E-state index >= 15 is 0 Å². The van der Waals surface area contributed by atoms with Crippen molar-refractivity contribution in [2.24, 2.45) is 0 Å². The van der Waals surface area contributed by atoms with E-state index in [1.54, 1.807) is 17.6 Å². The number of nitrogens with one attached hydrogen (secondary N) is 1. The molecule has 0 aliphatic carbocycles. The summed E-state index contributed by atoms with van der Waals surface area (Å²) >= 11 is 0. The summed E-state index contributed by atoms with van der Waals surface area (Å²) in [6, 6.07) is 1.65. The van der Waals surface area contributed by atoms with Crippen molar-refractivity contribution in [1.29, 1.82) is 0 Å². The van der Waals surface area contributed by atoms with E-state index in [9.17, 15) is 8.42 Å². The van der Waals surface area contributed by atoms with E-state index < -0.39 is 10.0 Å². The minimum Gasteiger partial charge on any atom is -0.397 e. The Balaban J connectivity index is 2.30. The van der Waals surface area contributed by atoms with Crippen LogP contribution >= 0.6 is 0 Å². The average molecular weight is 281 g/mol. The number of nitrogen functional groups attached to an aromatic ring is 1. The molecule has 8 heteroatoms. The van der Waals surface area contributed by atoms with Crippen molar-refractivity contribution in [3.05, 3.63) is 30.4 Å². The second-order valence-electron chi connectivity index (χ2n) is 4.08. The third kappa shape index (κ3) is 2.84. The van der Waals surface area contributed by atoms with Crippen molar-refractivity contribution in [1.82, 2.24) is 14.5 Å². The normalized spacial score (nSPS) is 11.5. The van der Waals surface area contributed by atoms with Crippen LogP contribution in [0.15, 0.2) is 29.8 Å². The Hall–Kier alpha value is -2.09. The maximum Gasteiger partial charge on any atom is 0.282 e. The lowest BCUT2D eigenvalue weighted by molar-refractivity contribution is 0.597. The maximum absolute atomic E-state index is 12.1. The molecule has 0 amide bonds. The van der Waals surface area contributed by atoms with Crippen LogP contribution in [0.3, 0.4) is 0 Å². The van der Waals surface area contributed by atoms with Crippen molar-refractivity contribution < 1.29 is 8.42 Å². The number of hydrogen-bond acceptors (Lipinski definition) is 5. The molecule has 0 saturated carbocycles. The van der Waals surface area contributed by atoms with Crippen LogP contribution in [-0.4, -0.2) is 23.0 Å². The number of aryl methyl sites for hydroxylation is 2. The zero-order chi connectivity index (χ0) is 14.0. The van der Waals surface area contributed by atoms with Crippen LogP contribution in [0.5, 0.6) is 0 Å². The molecule has 3 N–H and O–H groups in total. The summed E-state index contributed by atoms with van der Waals surface area (Å²) in [6.07, 6.45) is 4.34. The van der Waals surface area contributed by atoms with Crippen LogP contribution in [0.1, 0.15) is 12.5 Å². The predicted octanol–water partition coefficient (Wildman–Crippen LogP) is 0.989. The molecule has 7 nitrogen and oxygen atoms in total. The van der Waals surface area contributed by atoms with Gasteiger partial charge >= 0.3 is 0 Å². The molecule has 0 bridgehead atoms. The van der Waals surface area contributed by atoms with Crippen LogP contribution in [-0.2, 0) is 16.6 Å². The molecule has 0 fully saturated rings. The number of nitrogens with zero attached hydrogens (tertiary/aromatic N) is 3. The van der Waals surface area contributed by atoms with Gasteiger partial charge in [0, 0.05) is 12.7 Å². The zero-order valence-electron chi connectivity index (χ0n) is 10.7. The predicted molar refractivity (Wildman–Crippen MR) is 72.1 cm³/mol. The molecule has 0 atom stereocenters. The fourth-order valence-electron chi connectivity index (χ4n) is 1.53. The number of hydrogen-bond donors (Lipinski definition) is 2. The quantitative estimate of drug-likeness (QED) is 0.870. The number of rotatable bonds is 4. The Morgan fingerprint density at radius 2 is 2.16 bits per heavy atom. The molecule has 2 aromatic heterocycles. The van der Waals surface area contributed by atoms with Gasteiger partial charge in [-0.15, -0.1) is 0 Å². The Morgan fingerprint density at radius 1 is 1.42 bits per heavy atom. The summed E-state index contributed by atoms with van der Waals surface area (Å²) in [7, 11) is -3.72. The number of pyridine rings is 1. The first-order valence-corrected chi connectivity index (χ1v) is 7.17. The summed E-state index contributed by atoms with van der Waals surface area (Å²) < 4.78 is 28.3. The smallest absolute Gasteiger partial charge is 0.282 e. The molecule has 0 aromatic carbocycles. The molecular weight excluding hydrogens is 266 g/mol. The van der Waals surface area contributed by atoms with Gasteiger partial charge in [0.15, 0.2) is 5.03 Å². The molecule has 0 aliphatic heterocycles. The molecule has 0 saturated heterocycles. The van der Waals surface area contributed by atoms with Crippen molar-refractivity contribution in [2.75, 3.05) is 10.5 Å². The van der Waals surface area contributed by atoms with Crippen LogP contribution in [0, 0.1) is 6.92 Å². The molecule has 2 heterocycles. The second-order valence-corrected chi connectivity index (χ2v) is 5.71. The van der Waals surface area contributed by atoms with Crippen molar-refractivity contribution in [3.8, 4) is 0 Å². The lowest BCUT2D eigenvalue weighted by Gasteiger charge is -2.08. The summed E-state index contributed by atoms with van der Waals surface area (Å²) in [6.45, 7) is 4.28. The minimum atomic E-state index is -3.72. The largest absolute Gasteiger partial charge is 0.397 e. The van der Waals surface area contributed by atoms with Gasteiger partial charge in [-0.05, 0) is 25.5 Å². The first kappa shape index (κ1) is 13.3. The molecular formula is C11H15N5O2S. The number of nitrogens with two attached hydrogens (primary N) is 1. The van der Waals surface area contributed by atoms with E-state index in [-0.39, 0.29) is 10.8 Å². The summed E-state index contributed by atoms with van der Waals surface area (Å²) in [5, 5.41) is -0.0348. The van der Waals surface area contributed by atoms with Gasteiger partial charge in [0.25, 0.3) is 10.0 Å². The maximum atomic E-state index is 12.1. The molecule has 2 rings (SSSR count). The van der Waals surface area contributed by atoms with Gasteiger partial charge in [0.2, 0.25) is 0 Å². The summed E-state index contributed by atoms with van der Waals surface area (Å²) in [4.78, 5) is 7.83. The number of sulfonamides is 1. The van der Waals surface area contributed by atoms with E-state index in [4.69, 9.17) is 5.73 Å². The number of aromatic nitrogens is 3. The number of anilines is 2. The highest BCUT2D eigenvalue weighted by atomic mass is 32.2. The van der Waals surface area contributed by atoms with Gasteiger partial charge in [-0.2, -0.15) is 8.42 Å². The first-order chi connectivity index (χ1) is 8.92. The molecule has 0 aliphatic rings. The highest BCUT2D eigenvalue weighted by Crippen LogP contribution is 2.18. The van der Waals surface area contributed by atoms with E-state index in [1.165, 1.54) is 18.7 Å². The monoisotopic (exact) mass is 281 g/mol. The van der Waals surface area contributed by atoms with Gasteiger partial charge in [-0.25, -0.2) is 9.97 Å². The van der Waals surface area contributed by atoms with Gasteiger partial charge in [-0.3, -0.25) is 4.72 Å². The van der Waals surface area contributed by atoms with Gasteiger partial charge in [0.05, 0.1) is 18.2 Å². The van der Waals surface area contributed by atoms with Crippen molar-refractivity contribution in [2.45, 2.75) is 25.4 Å². The number of imidazole rings is 1. The fraction of sp³-hybridized carbons (Fsp3) is 0.273.